The molecule has 6 nitrogen and oxygen atoms in total. The van der Waals surface area contributed by atoms with E-state index in [0.717, 1.165) is 12.8 Å². The van der Waals surface area contributed by atoms with Crippen molar-refractivity contribution in [2.24, 2.45) is 5.92 Å². The lowest BCUT2D eigenvalue weighted by Gasteiger charge is -2.27. The van der Waals surface area contributed by atoms with Gasteiger partial charge in [-0.3, -0.25) is 9.59 Å². The number of aliphatic carboxylic acids is 1. The zero-order valence-electron chi connectivity index (χ0n) is 10.6. The lowest BCUT2D eigenvalue weighted by Crippen LogP contribution is -2.46. The lowest BCUT2D eigenvalue weighted by atomic mass is 10.1. The summed E-state index contributed by atoms with van der Waals surface area (Å²) in [5.41, 5.74) is -0.120. The first-order valence-electron chi connectivity index (χ1n) is 6.44. The molecule has 1 saturated carbocycles. The predicted molar refractivity (Wildman–Crippen MR) is 73.6 cm³/mol. The Morgan fingerprint density at radius 3 is 2.75 bits per heavy atom. The quantitative estimate of drug-likeness (QED) is 0.858. The highest BCUT2D eigenvalue weighted by Crippen LogP contribution is 2.45. The molecule has 0 spiro atoms. The van der Waals surface area contributed by atoms with Crippen LogP contribution in [0.25, 0.3) is 0 Å². The molecular formula is C13H14N2O4S. The van der Waals surface area contributed by atoms with Crippen LogP contribution in [0.4, 0.5) is 0 Å². The molecule has 1 amide bonds. The Labute approximate surface area is 119 Å². The molecule has 1 aliphatic carbocycles. The van der Waals surface area contributed by atoms with E-state index in [1.54, 1.807) is 0 Å². The minimum absolute atomic E-state index is 0.0807. The van der Waals surface area contributed by atoms with Crippen LogP contribution in [0.2, 0.25) is 0 Å². The molecule has 0 aromatic carbocycles. The van der Waals surface area contributed by atoms with Crippen molar-refractivity contribution in [1.82, 2.24) is 9.88 Å². The Hall–Kier alpha value is -1.76. The molecule has 1 aliphatic heterocycles. The van der Waals surface area contributed by atoms with Gasteiger partial charge in [0, 0.05) is 23.6 Å². The lowest BCUT2D eigenvalue weighted by molar-refractivity contribution is -0.141. The van der Waals surface area contributed by atoms with Crippen LogP contribution in [0.1, 0.15) is 23.2 Å². The van der Waals surface area contributed by atoms with Crippen molar-refractivity contribution in [2.75, 3.05) is 5.75 Å². The number of aromatic nitrogens is 1. The van der Waals surface area contributed by atoms with E-state index < -0.39 is 12.0 Å². The number of carboxylic acid groups (broad SMARTS) is 1. The molecule has 3 rings (SSSR count). The smallest absolute Gasteiger partial charge is 0.327 e. The van der Waals surface area contributed by atoms with Crippen LogP contribution in [0.3, 0.4) is 0 Å². The number of H-pyrrole nitrogens is 1. The van der Waals surface area contributed by atoms with Gasteiger partial charge in [-0.15, -0.1) is 11.8 Å². The van der Waals surface area contributed by atoms with E-state index in [2.05, 4.69) is 4.98 Å². The van der Waals surface area contributed by atoms with Crippen molar-refractivity contribution in [1.29, 1.82) is 0 Å². The fourth-order valence-electron chi connectivity index (χ4n) is 2.45. The monoisotopic (exact) mass is 294 g/mol. The van der Waals surface area contributed by atoms with Gasteiger partial charge in [0.2, 0.25) is 5.56 Å². The first kappa shape index (κ1) is 13.2. The number of carbonyl (C=O) groups is 2. The van der Waals surface area contributed by atoms with Crippen molar-refractivity contribution in [3.05, 3.63) is 34.2 Å². The van der Waals surface area contributed by atoms with Crippen molar-refractivity contribution < 1.29 is 14.7 Å². The van der Waals surface area contributed by atoms with Crippen molar-refractivity contribution in [3.63, 3.8) is 0 Å². The molecule has 1 aromatic rings. The summed E-state index contributed by atoms with van der Waals surface area (Å²) in [6.45, 7) is 0. The first-order chi connectivity index (χ1) is 9.58. The summed E-state index contributed by atoms with van der Waals surface area (Å²) >= 11 is 1.52. The number of nitrogens with zero attached hydrogens (tertiary/aromatic N) is 1. The molecule has 20 heavy (non-hydrogen) atoms. The topological polar surface area (TPSA) is 90.5 Å². The third-order valence-corrected chi connectivity index (χ3v) is 5.06. The van der Waals surface area contributed by atoms with Gasteiger partial charge in [0.25, 0.3) is 5.91 Å². The average molecular weight is 294 g/mol. The van der Waals surface area contributed by atoms with Crippen LogP contribution in [-0.4, -0.2) is 44.0 Å². The first-order valence-corrected chi connectivity index (χ1v) is 7.48. The van der Waals surface area contributed by atoms with Crippen molar-refractivity contribution in [2.45, 2.75) is 24.3 Å². The fourth-order valence-corrected chi connectivity index (χ4v) is 4.08. The van der Waals surface area contributed by atoms with E-state index in [9.17, 15) is 19.5 Å². The molecule has 0 radical (unpaired) electrons. The van der Waals surface area contributed by atoms with Crippen molar-refractivity contribution >= 4 is 23.6 Å². The van der Waals surface area contributed by atoms with E-state index in [1.807, 2.05) is 0 Å². The molecule has 2 atom stereocenters. The Kier molecular flexibility index (Phi) is 3.29. The van der Waals surface area contributed by atoms with Crippen LogP contribution < -0.4 is 5.56 Å². The summed E-state index contributed by atoms with van der Waals surface area (Å²) in [7, 11) is 0. The highest BCUT2D eigenvalue weighted by atomic mass is 32.2. The predicted octanol–water partition coefficient (Wildman–Crippen LogP) is 0.753. The molecule has 7 heteroatoms. The Bertz CT molecular complexity index is 610. The highest BCUT2D eigenvalue weighted by molar-refractivity contribution is 8.00. The summed E-state index contributed by atoms with van der Waals surface area (Å²) in [6, 6.07) is 1.92. The molecule has 1 aromatic heterocycles. The van der Waals surface area contributed by atoms with Crippen LogP contribution in [0, 0.1) is 5.92 Å². The molecule has 1 saturated heterocycles. The SMILES string of the molecule is O=C(O)C1CSC(C2CC2)N1C(=O)c1cc[nH]c(=O)c1. The van der Waals surface area contributed by atoms with Gasteiger partial charge >= 0.3 is 5.97 Å². The Morgan fingerprint density at radius 2 is 2.15 bits per heavy atom. The summed E-state index contributed by atoms with van der Waals surface area (Å²) < 4.78 is 0. The number of carbonyl (C=O) groups excluding carboxylic acids is 1. The standard InChI is InChI=1S/C13H14N2O4S/c16-10-5-8(3-4-14-10)11(17)15-9(13(18)19)6-20-12(15)7-1-2-7/h3-5,7,9,12H,1-2,6H2,(H,14,16)(H,18,19). The van der Waals surface area contributed by atoms with E-state index in [-0.39, 0.29) is 22.4 Å². The fraction of sp³-hybridized carbons (Fsp3) is 0.462. The van der Waals surface area contributed by atoms with Gasteiger partial charge in [0.15, 0.2) is 0 Å². The van der Waals surface area contributed by atoms with E-state index in [0.29, 0.717) is 11.7 Å². The minimum atomic E-state index is -0.987. The molecule has 2 aliphatic rings. The van der Waals surface area contributed by atoms with Crippen LogP contribution >= 0.6 is 11.8 Å². The summed E-state index contributed by atoms with van der Waals surface area (Å²) in [6.07, 6.45) is 3.47. The molecule has 0 bridgehead atoms. The Morgan fingerprint density at radius 1 is 1.40 bits per heavy atom. The number of rotatable bonds is 3. The van der Waals surface area contributed by atoms with Gasteiger partial charge < -0.3 is 15.0 Å². The molecule has 106 valence electrons. The normalized spacial score (nSPS) is 25.7. The van der Waals surface area contributed by atoms with Gasteiger partial charge in [0.05, 0.1) is 5.37 Å². The Balaban J connectivity index is 1.92. The number of aromatic amines is 1. The molecule has 2 heterocycles. The van der Waals surface area contributed by atoms with E-state index in [1.165, 1.54) is 35.0 Å². The number of hydrogen-bond acceptors (Lipinski definition) is 4. The van der Waals surface area contributed by atoms with Gasteiger partial charge in [-0.25, -0.2) is 4.79 Å². The maximum atomic E-state index is 12.6. The maximum Gasteiger partial charge on any atom is 0.327 e. The number of carboxylic acids is 1. The average Bonchev–Trinajstić information content (AvgIpc) is 3.16. The maximum absolute atomic E-state index is 12.6. The van der Waals surface area contributed by atoms with Gasteiger partial charge in [0.1, 0.15) is 6.04 Å². The minimum Gasteiger partial charge on any atom is -0.480 e. The van der Waals surface area contributed by atoms with Crippen LogP contribution in [0.5, 0.6) is 0 Å². The number of nitrogens with one attached hydrogen (secondary N) is 1. The second-order valence-electron chi connectivity index (χ2n) is 5.07. The van der Waals surface area contributed by atoms with E-state index in [4.69, 9.17) is 0 Å². The zero-order chi connectivity index (χ0) is 14.3. The number of amides is 1. The van der Waals surface area contributed by atoms with Gasteiger partial charge in [-0.05, 0) is 24.8 Å². The van der Waals surface area contributed by atoms with Crippen molar-refractivity contribution in [3.8, 4) is 0 Å². The summed E-state index contributed by atoms with van der Waals surface area (Å²) in [5.74, 6) is -0.564. The largest absolute Gasteiger partial charge is 0.480 e. The van der Waals surface area contributed by atoms with Gasteiger partial charge in [-0.1, -0.05) is 0 Å². The van der Waals surface area contributed by atoms with Crippen LogP contribution in [0.15, 0.2) is 23.1 Å². The highest BCUT2D eigenvalue weighted by Gasteiger charge is 2.48. The second kappa shape index (κ2) is 4.97. The number of hydrogen-bond donors (Lipinski definition) is 2. The summed E-state index contributed by atoms with van der Waals surface area (Å²) in [4.78, 5) is 39.1. The van der Waals surface area contributed by atoms with Gasteiger partial charge in [-0.2, -0.15) is 0 Å². The third kappa shape index (κ3) is 2.33. The second-order valence-corrected chi connectivity index (χ2v) is 6.22. The molecule has 2 unspecified atom stereocenters. The molecule has 2 N–H and O–H groups in total. The van der Waals surface area contributed by atoms with E-state index >= 15 is 0 Å². The third-order valence-electron chi connectivity index (χ3n) is 3.60. The number of pyridine rings is 1. The summed E-state index contributed by atoms with van der Waals surface area (Å²) in [5, 5.41) is 9.20. The molecule has 2 fully saturated rings. The number of thioether (sulfide) groups is 1. The zero-order valence-corrected chi connectivity index (χ0v) is 11.4. The van der Waals surface area contributed by atoms with Crippen LogP contribution in [-0.2, 0) is 4.79 Å². The molecular weight excluding hydrogens is 280 g/mol.